The molecule has 28 heavy (non-hydrogen) atoms. The minimum Gasteiger partial charge on any atom is -0.495 e. The molecule has 1 aromatic carbocycles. The van der Waals surface area contributed by atoms with Crippen LogP contribution < -0.4 is 10.1 Å². The minimum absolute atomic E-state index is 0.288. The molecule has 1 aliphatic rings. The van der Waals surface area contributed by atoms with Crippen molar-refractivity contribution >= 4 is 33.1 Å². The number of methoxy groups -OCH3 is 1. The van der Waals surface area contributed by atoms with E-state index in [1.165, 1.54) is 16.9 Å². The topological polar surface area (TPSA) is 76.5 Å². The molecule has 0 bridgehead atoms. The number of hydrogen-bond acceptors (Lipinski definition) is 7. The number of anilines is 1. The van der Waals surface area contributed by atoms with E-state index in [1.54, 1.807) is 13.4 Å². The molecule has 0 saturated carbocycles. The highest BCUT2D eigenvalue weighted by Crippen LogP contribution is 2.44. The Morgan fingerprint density at radius 3 is 2.71 bits per heavy atom. The second-order valence-corrected chi connectivity index (χ2v) is 8.59. The fourth-order valence-corrected chi connectivity index (χ4v) is 4.39. The summed E-state index contributed by atoms with van der Waals surface area (Å²) in [6.07, 6.45) is 2.45. The first-order valence-corrected chi connectivity index (χ1v) is 10.5. The molecular weight excluding hydrogens is 442 g/mol. The Labute approximate surface area is 175 Å². The van der Waals surface area contributed by atoms with Crippen LogP contribution in [0.2, 0.25) is 0 Å². The third-order valence-corrected chi connectivity index (χ3v) is 6.44. The van der Waals surface area contributed by atoms with Gasteiger partial charge in [-0.1, -0.05) is 28.1 Å². The third kappa shape index (κ3) is 4.05. The predicted octanol–water partition coefficient (Wildman–Crippen LogP) is 3.85. The first-order valence-electron chi connectivity index (χ1n) is 8.86. The summed E-state index contributed by atoms with van der Waals surface area (Å²) in [5.41, 5.74) is 1.08. The molecule has 3 heterocycles. The van der Waals surface area contributed by atoms with Crippen molar-refractivity contribution in [3.05, 3.63) is 57.6 Å². The number of aromatic nitrogens is 2. The molecule has 0 aliphatic carbocycles. The molecule has 1 aliphatic heterocycles. The summed E-state index contributed by atoms with van der Waals surface area (Å²) in [5, 5.41) is 14.0. The zero-order chi connectivity index (χ0) is 19.6. The Morgan fingerprint density at radius 1 is 1.25 bits per heavy atom. The predicted molar refractivity (Wildman–Crippen MR) is 113 cm³/mol. The van der Waals surface area contributed by atoms with E-state index in [4.69, 9.17) is 9.47 Å². The number of hydrogen-bond donors (Lipinski definition) is 2. The van der Waals surface area contributed by atoms with Gasteiger partial charge in [-0.2, -0.15) is 0 Å². The first-order chi connectivity index (χ1) is 13.6. The van der Waals surface area contributed by atoms with Gasteiger partial charge in [0.2, 0.25) is 0 Å². The highest BCUT2D eigenvalue weighted by molar-refractivity contribution is 9.10. The number of aliphatic hydroxyl groups is 1. The lowest BCUT2D eigenvalue weighted by Gasteiger charge is -2.35. The van der Waals surface area contributed by atoms with Crippen LogP contribution in [0.25, 0.3) is 10.6 Å². The Bertz CT molecular complexity index is 958. The fourth-order valence-electron chi connectivity index (χ4n) is 2.98. The van der Waals surface area contributed by atoms with E-state index in [2.05, 4.69) is 43.3 Å². The molecular formula is C20H20BrN3O3S. The van der Waals surface area contributed by atoms with E-state index >= 15 is 0 Å². The number of nitrogens with zero attached hydrogens (tertiary/aromatic N) is 2. The maximum atomic E-state index is 10.6. The minimum atomic E-state index is -0.965. The summed E-state index contributed by atoms with van der Waals surface area (Å²) in [5.74, 6) is 1.43. The number of nitrogens with one attached hydrogen (secondary N) is 1. The lowest BCUT2D eigenvalue weighted by Crippen LogP contribution is -2.46. The quantitative estimate of drug-likeness (QED) is 0.556. The van der Waals surface area contributed by atoms with Crippen molar-refractivity contribution in [2.75, 3.05) is 32.2 Å². The van der Waals surface area contributed by atoms with Crippen LogP contribution in [0, 0.1) is 0 Å². The van der Waals surface area contributed by atoms with Crippen LogP contribution in [0.3, 0.4) is 0 Å². The van der Waals surface area contributed by atoms with Crippen molar-refractivity contribution in [3.8, 4) is 16.3 Å². The van der Waals surface area contributed by atoms with E-state index in [1.807, 2.05) is 24.3 Å². The molecule has 2 aromatic heterocycles. The summed E-state index contributed by atoms with van der Waals surface area (Å²) >= 11 is 4.92. The summed E-state index contributed by atoms with van der Waals surface area (Å²) in [7, 11) is 1.60. The molecule has 3 aromatic rings. The Morgan fingerprint density at radius 2 is 2.04 bits per heavy atom. The van der Waals surface area contributed by atoms with Gasteiger partial charge in [0.25, 0.3) is 0 Å². The molecule has 8 heteroatoms. The maximum Gasteiger partial charge on any atom is 0.149 e. The Balaban J connectivity index is 1.47. The number of benzene rings is 1. The van der Waals surface area contributed by atoms with Gasteiger partial charge in [0.15, 0.2) is 0 Å². The van der Waals surface area contributed by atoms with Crippen molar-refractivity contribution in [1.29, 1.82) is 0 Å². The van der Waals surface area contributed by atoms with Crippen LogP contribution in [0.1, 0.15) is 10.4 Å². The molecule has 2 N–H and O–H groups in total. The maximum absolute atomic E-state index is 10.6. The third-order valence-electron chi connectivity index (χ3n) is 4.57. The highest BCUT2D eigenvalue weighted by Gasteiger charge is 2.42. The monoisotopic (exact) mass is 461 g/mol. The van der Waals surface area contributed by atoms with Crippen LogP contribution in [-0.4, -0.2) is 41.9 Å². The molecule has 6 nitrogen and oxygen atoms in total. The second-order valence-electron chi connectivity index (χ2n) is 6.62. The van der Waals surface area contributed by atoms with Crippen molar-refractivity contribution in [3.63, 3.8) is 0 Å². The molecule has 4 rings (SSSR count). The molecule has 0 atom stereocenters. The SMILES string of the molecule is COc1cc(-c2cc(NCCc3ccc(Br)cc3)ncn2)sc1C1(O)COC1. The molecule has 0 unspecified atom stereocenters. The van der Waals surface area contributed by atoms with Gasteiger partial charge < -0.3 is 19.9 Å². The lowest BCUT2D eigenvalue weighted by atomic mass is 10.00. The number of ether oxygens (including phenoxy) is 2. The van der Waals surface area contributed by atoms with Gasteiger partial charge in [0.1, 0.15) is 23.5 Å². The van der Waals surface area contributed by atoms with Crippen LogP contribution >= 0.6 is 27.3 Å². The Kier molecular flexibility index (Phi) is 5.63. The van der Waals surface area contributed by atoms with Gasteiger partial charge in [0.05, 0.1) is 35.8 Å². The van der Waals surface area contributed by atoms with Crippen molar-refractivity contribution < 1.29 is 14.6 Å². The van der Waals surface area contributed by atoms with Crippen molar-refractivity contribution in [2.45, 2.75) is 12.0 Å². The summed E-state index contributed by atoms with van der Waals surface area (Å²) in [6, 6.07) is 12.1. The van der Waals surface area contributed by atoms with Crippen LogP contribution in [0.4, 0.5) is 5.82 Å². The van der Waals surface area contributed by atoms with Crippen LogP contribution in [0.15, 0.2) is 47.2 Å². The molecule has 1 fully saturated rings. The van der Waals surface area contributed by atoms with E-state index in [-0.39, 0.29) is 13.2 Å². The average Bonchev–Trinajstić information content (AvgIpc) is 3.13. The summed E-state index contributed by atoms with van der Waals surface area (Å²) in [4.78, 5) is 10.4. The zero-order valence-corrected chi connectivity index (χ0v) is 17.7. The smallest absolute Gasteiger partial charge is 0.149 e. The number of thiophene rings is 1. The summed E-state index contributed by atoms with van der Waals surface area (Å²) in [6.45, 7) is 1.35. The van der Waals surface area contributed by atoms with Gasteiger partial charge in [0, 0.05) is 23.2 Å². The Hall–Kier alpha value is -2.00. The fraction of sp³-hybridized carbons (Fsp3) is 0.300. The first kappa shape index (κ1) is 19.3. The van der Waals surface area contributed by atoms with Crippen LogP contribution in [0.5, 0.6) is 5.75 Å². The molecule has 146 valence electrons. The lowest BCUT2D eigenvalue weighted by molar-refractivity contribution is -0.183. The van der Waals surface area contributed by atoms with Gasteiger partial charge >= 0.3 is 0 Å². The normalized spacial score (nSPS) is 15.1. The zero-order valence-electron chi connectivity index (χ0n) is 15.3. The molecule has 1 saturated heterocycles. The largest absolute Gasteiger partial charge is 0.495 e. The van der Waals surface area contributed by atoms with Crippen molar-refractivity contribution in [1.82, 2.24) is 9.97 Å². The van der Waals surface area contributed by atoms with Gasteiger partial charge in [-0.15, -0.1) is 11.3 Å². The van der Waals surface area contributed by atoms with Gasteiger partial charge in [-0.05, 0) is 24.1 Å². The van der Waals surface area contributed by atoms with Gasteiger partial charge in [-0.3, -0.25) is 0 Å². The van der Waals surface area contributed by atoms with Crippen molar-refractivity contribution in [2.24, 2.45) is 0 Å². The average molecular weight is 462 g/mol. The highest BCUT2D eigenvalue weighted by atomic mass is 79.9. The van der Waals surface area contributed by atoms with E-state index in [0.29, 0.717) is 5.75 Å². The number of rotatable bonds is 7. The van der Waals surface area contributed by atoms with Gasteiger partial charge in [-0.25, -0.2) is 9.97 Å². The molecule has 0 spiro atoms. The molecule has 0 radical (unpaired) electrons. The molecule has 0 amide bonds. The van der Waals surface area contributed by atoms with E-state index in [9.17, 15) is 5.11 Å². The summed E-state index contributed by atoms with van der Waals surface area (Å²) < 4.78 is 11.7. The number of halogens is 1. The van der Waals surface area contributed by atoms with E-state index in [0.717, 1.165) is 38.7 Å². The van der Waals surface area contributed by atoms with E-state index < -0.39 is 5.60 Å². The second kappa shape index (κ2) is 8.16. The standard InChI is InChI=1S/C20H20BrN3O3S/c1-26-16-9-17(28-19(16)20(25)10-27-11-20)15-8-18(24-12-23-15)22-7-6-13-2-4-14(21)5-3-13/h2-5,8-9,12,25H,6-7,10-11H2,1H3,(H,22,23,24). The van der Waals surface area contributed by atoms with Crippen LogP contribution in [-0.2, 0) is 16.8 Å².